The minimum absolute atomic E-state index is 0.174. The Hall–Kier alpha value is -2.80. The largest absolute Gasteiger partial charge is 0.494 e. The number of rotatable bonds is 8. The highest BCUT2D eigenvalue weighted by Crippen LogP contribution is 2.26. The molecular weight excluding hydrogens is 420 g/mol. The van der Waals surface area contributed by atoms with E-state index in [9.17, 15) is 4.79 Å². The summed E-state index contributed by atoms with van der Waals surface area (Å²) in [5.41, 5.74) is 2.13. The Morgan fingerprint density at radius 2 is 1.88 bits per heavy atom. The summed E-state index contributed by atoms with van der Waals surface area (Å²) < 4.78 is 7.65. The van der Waals surface area contributed by atoms with Gasteiger partial charge in [-0.1, -0.05) is 42.1 Å². The molecule has 1 aromatic heterocycles. The second-order valence-electron chi connectivity index (χ2n) is 8.04. The lowest BCUT2D eigenvalue weighted by Gasteiger charge is -2.33. The number of carbonyl (C=O) groups is 1. The molecular formula is C25H30N4O2S. The van der Waals surface area contributed by atoms with Crippen LogP contribution in [0.15, 0.2) is 59.8 Å². The highest BCUT2D eigenvalue weighted by atomic mass is 32.2. The Kier molecular flexibility index (Phi) is 7.47. The standard InChI is InChI=1S/C25H30N4O2S/c1-3-31-22-14-12-21(13-15-22)29-23(17-20-10-5-4-6-11-20)26-27-25(29)32-18-24(30)28-16-8-7-9-19(28)2/h4-6,10-15,19H,3,7-9,16-18H2,1-2H3. The molecule has 2 aromatic carbocycles. The lowest BCUT2D eigenvalue weighted by molar-refractivity contribution is -0.131. The third-order valence-corrected chi connectivity index (χ3v) is 6.67. The van der Waals surface area contributed by atoms with E-state index in [-0.39, 0.29) is 5.91 Å². The van der Waals surface area contributed by atoms with Gasteiger partial charge in [-0.15, -0.1) is 10.2 Å². The van der Waals surface area contributed by atoms with Gasteiger partial charge in [0.05, 0.1) is 12.4 Å². The first-order valence-corrected chi connectivity index (χ1v) is 12.3. The lowest BCUT2D eigenvalue weighted by Crippen LogP contribution is -2.42. The zero-order valence-corrected chi connectivity index (χ0v) is 19.6. The number of ether oxygens (including phenoxy) is 1. The van der Waals surface area contributed by atoms with Crippen LogP contribution in [0.1, 0.15) is 44.5 Å². The van der Waals surface area contributed by atoms with Crippen molar-refractivity contribution < 1.29 is 9.53 Å². The second kappa shape index (κ2) is 10.7. The van der Waals surface area contributed by atoms with Crippen molar-refractivity contribution in [3.8, 4) is 11.4 Å². The number of hydrogen-bond acceptors (Lipinski definition) is 5. The molecule has 3 aromatic rings. The minimum Gasteiger partial charge on any atom is -0.494 e. The molecule has 0 spiro atoms. The normalized spacial score (nSPS) is 16.2. The van der Waals surface area contributed by atoms with Crippen molar-refractivity contribution in [3.63, 3.8) is 0 Å². The van der Waals surface area contributed by atoms with Crippen LogP contribution in [0.25, 0.3) is 5.69 Å². The number of nitrogens with zero attached hydrogens (tertiary/aromatic N) is 4. The van der Waals surface area contributed by atoms with Gasteiger partial charge in [-0.3, -0.25) is 9.36 Å². The summed E-state index contributed by atoms with van der Waals surface area (Å²) in [6.07, 6.45) is 4.04. The number of amides is 1. The first-order valence-electron chi connectivity index (χ1n) is 11.3. The van der Waals surface area contributed by atoms with Crippen molar-refractivity contribution >= 4 is 17.7 Å². The number of aromatic nitrogens is 3. The Morgan fingerprint density at radius 1 is 1.09 bits per heavy atom. The summed E-state index contributed by atoms with van der Waals surface area (Å²) >= 11 is 1.46. The molecule has 1 saturated heterocycles. The zero-order valence-electron chi connectivity index (χ0n) is 18.7. The molecule has 32 heavy (non-hydrogen) atoms. The van der Waals surface area contributed by atoms with Crippen LogP contribution in [0.4, 0.5) is 0 Å². The Labute approximate surface area is 194 Å². The lowest BCUT2D eigenvalue weighted by atomic mass is 10.0. The molecule has 1 unspecified atom stereocenters. The van der Waals surface area contributed by atoms with E-state index in [1.807, 2.05) is 54.3 Å². The summed E-state index contributed by atoms with van der Waals surface area (Å²) in [7, 11) is 0. The highest BCUT2D eigenvalue weighted by molar-refractivity contribution is 7.99. The maximum atomic E-state index is 12.9. The minimum atomic E-state index is 0.174. The topological polar surface area (TPSA) is 60.2 Å². The Morgan fingerprint density at radius 3 is 2.59 bits per heavy atom. The molecule has 6 nitrogen and oxygen atoms in total. The summed E-state index contributed by atoms with van der Waals surface area (Å²) in [4.78, 5) is 14.9. The average Bonchev–Trinajstić information content (AvgIpc) is 3.21. The molecule has 168 valence electrons. The molecule has 0 N–H and O–H groups in total. The van der Waals surface area contributed by atoms with Gasteiger partial charge in [0, 0.05) is 24.7 Å². The molecule has 1 aliphatic rings. The van der Waals surface area contributed by atoms with Gasteiger partial charge in [0.2, 0.25) is 5.91 Å². The van der Waals surface area contributed by atoms with E-state index in [1.165, 1.54) is 23.7 Å². The monoisotopic (exact) mass is 450 g/mol. The van der Waals surface area contributed by atoms with Crippen molar-refractivity contribution in [1.82, 2.24) is 19.7 Å². The fraction of sp³-hybridized carbons (Fsp3) is 0.400. The van der Waals surface area contributed by atoms with Crippen LogP contribution in [0, 0.1) is 0 Å². The fourth-order valence-electron chi connectivity index (χ4n) is 4.08. The van der Waals surface area contributed by atoms with E-state index < -0.39 is 0 Å². The van der Waals surface area contributed by atoms with E-state index in [2.05, 4.69) is 33.8 Å². The first-order chi connectivity index (χ1) is 15.7. The van der Waals surface area contributed by atoms with Gasteiger partial charge in [0.15, 0.2) is 5.16 Å². The summed E-state index contributed by atoms with van der Waals surface area (Å²) in [6.45, 7) is 5.59. The van der Waals surface area contributed by atoms with Crippen LogP contribution in [-0.4, -0.2) is 50.5 Å². The first kappa shape index (κ1) is 22.4. The zero-order chi connectivity index (χ0) is 22.3. The molecule has 2 heterocycles. The van der Waals surface area contributed by atoms with Crippen LogP contribution in [0.5, 0.6) is 5.75 Å². The number of hydrogen-bond donors (Lipinski definition) is 0. The number of carbonyl (C=O) groups excluding carboxylic acids is 1. The van der Waals surface area contributed by atoms with E-state index in [1.54, 1.807) is 0 Å². The van der Waals surface area contributed by atoms with Gasteiger partial charge >= 0.3 is 0 Å². The van der Waals surface area contributed by atoms with Crippen LogP contribution in [-0.2, 0) is 11.2 Å². The van der Waals surface area contributed by atoms with E-state index in [4.69, 9.17) is 4.74 Å². The van der Waals surface area contributed by atoms with Crippen LogP contribution in [0.3, 0.4) is 0 Å². The predicted octanol–water partition coefficient (Wildman–Crippen LogP) is 4.75. The van der Waals surface area contributed by atoms with Crippen LogP contribution in [0.2, 0.25) is 0 Å². The fourth-order valence-corrected chi connectivity index (χ4v) is 4.94. The third-order valence-electron chi connectivity index (χ3n) is 5.76. The van der Waals surface area contributed by atoms with E-state index in [0.717, 1.165) is 41.8 Å². The molecule has 0 saturated carbocycles. The second-order valence-corrected chi connectivity index (χ2v) is 8.99. The Bertz CT molecular complexity index is 1020. The van der Waals surface area contributed by atoms with Crippen molar-refractivity contribution in [2.45, 2.75) is 50.7 Å². The van der Waals surface area contributed by atoms with E-state index in [0.29, 0.717) is 24.8 Å². The predicted molar refractivity (Wildman–Crippen MR) is 128 cm³/mol. The highest BCUT2D eigenvalue weighted by Gasteiger charge is 2.24. The summed E-state index contributed by atoms with van der Waals surface area (Å²) in [5.74, 6) is 2.22. The van der Waals surface area contributed by atoms with Crippen molar-refractivity contribution in [3.05, 3.63) is 66.0 Å². The molecule has 4 rings (SSSR count). The molecule has 7 heteroatoms. The van der Waals surface area contributed by atoms with Crippen LogP contribution >= 0.6 is 11.8 Å². The van der Waals surface area contributed by atoms with Crippen molar-refractivity contribution in [2.75, 3.05) is 18.9 Å². The van der Waals surface area contributed by atoms with Gasteiger partial charge in [-0.25, -0.2) is 0 Å². The summed E-state index contributed by atoms with van der Waals surface area (Å²) in [5, 5.41) is 9.68. The smallest absolute Gasteiger partial charge is 0.233 e. The summed E-state index contributed by atoms with van der Waals surface area (Å²) in [6, 6.07) is 18.5. The van der Waals surface area contributed by atoms with Crippen LogP contribution < -0.4 is 4.74 Å². The molecule has 0 radical (unpaired) electrons. The molecule has 0 bridgehead atoms. The van der Waals surface area contributed by atoms with Gasteiger partial charge in [-0.2, -0.15) is 0 Å². The van der Waals surface area contributed by atoms with Crippen molar-refractivity contribution in [2.24, 2.45) is 0 Å². The number of benzene rings is 2. The Balaban J connectivity index is 1.57. The maximum absolute atomic E-state index is 12.9. The molecule has 1 atom stereocenters. The van der Waals surface area contributed by atoms with Crippen molar-refractivity contribution in [1.29, 1.82) is 0 Å². The number of piperidine rings is 1. The number of thioether (sulfide) groups is 1. The maximum Gasteiger partial charge on any atom is 0.233 e. The van der Waals surface area contributed by atoms with Gasteiger partial charge in [0.25, 0.3) is 0 Å². The van der Waals surface area contributed by atoms with Gasteiger partial charge in [0.1, 0.15) is 11.6 Å². The van der Waals surface area contributed by atoms with E-state index >= 15 is 0 Å². The quantitative estimate of drug-likeness (QED) is 0.464. The molecule has 1 fully saturated rings. The van der Waals surface area contributed by atoms with Gasteiger partial charge in [-0.05, 0) is 62.9 Å². The molecule has 1 aliphatic heterocycles. The van der Waals surface area contributed by atoms with Gasteiger partial charge < -0.3 is 9.64 Å². The molecule has 0 aliphatic carbocycles. The average molecular weight is 451 g/mol. The molecule has 1 amide bonds. The number of likely N-dealkylation sites (tertiary alicyclic amines) is 1. The third kappa shape index (κ3) is 5.33. The SMILES string of the molecule is CCOc1ccc(-n2c(Cc3ccccc3)nnc2SCC(=O)N2CCCCC2C)cc1.